The largest absolute Gasteiger partial charge is 0.239 e. The molecule has 0 N–H and O–H groups in total. The van der Waals surface area contributed by atoms with Crippen molar-refractivity contribution in [1.29, 1.82) is 0 Å². The molecular formula is C26H21N2+. The normalized spacial score (nSPS) is 11.2. The average Bonchev–Trinajstić information content (AvgIpc) is 2.74. The summed E-state index contributed by atoms with van der Waals surface area (Å²) in [5, 5.41) is 9.55. The van der Waals surface area contributed by atoms with Crippen LogP contribution in [0.5, 0.6) is 0 Å². The Hall–Kier alpha value is -3.52. The van der Waals surface area contributed by atoms with Gasteiger partial charge in [0.15, 0.2) is 7.05 Å². The Balaban J connectivity index is 1.81. The van der Waals surface area contributed by atoms with E-state index in [9.17, 15) is 0 Å². The van der Waals surface area contributed by atoms with E-state index in [4.69, 9.17) is 0 Å². The SMILES string of the molecule is Cc1ccc(-c2cccc3ccc4ccccc4c23)cc1-c1cccn[n+]1C. The summed E-state index contributed by atoms with van der Waals surface area (Å²) in [5.74, 6) is 0. The zero-order chi connectivity index (χ0) is 19.1. The standard InChI is InChI=1S/C26H21N2/c1-18-12-13-21(17-24(18)25-11-6-16-27-28(25)2)23-10-5-8-20-15-14-19-7-3-4-9-22(19)26(20)23/h3-17H,1-2H3/q+1. The van der Waals surface area contributed by atoms with Gasteiger partial charge in [-0.2, -0.15) is 0 Å². The van der Waals surface area contributed by atoms with Crippen molar-refractivity contribution in [3.63, 3.8) is 0 Å². The van der Waals surface area contributed by atoms with Gasteiger partial charge in [-0.05, 0) is 62.4 Å². The summed E-state index contributed by atoms with van der Waals surface area (Å²) >= 11 is 0. The van der Waals surface area contributed by atoms with Crippen LogP contribution >= 0.6 is 0 Å². The van der Waals surface area contributed by atoms with Gasteiger partial charge in [-0.15, -0.1) is 0 Å². The number of fused-ring (bicyclic) bond motifs is 3. The van der Waals surface area contributed by atoms with Crippen LogP contribution in [-0.4, -0.2) is 5.10 Å². The monoisotopic (exact) mass is 361 g/mol. The van der Waals surface area contributed by atoms with Crippen molar-refractivity contribution in [2.45, 2.75) is 6.92 Å². The van der Waals surface area contributed by atoms with Crippen molar-refractivity contribution in [1.82, 2.24) is 5.10 Å². The van der Waals surface area contributed by atoms with Crippen molar-refractivity contribution in [3.05, 3.63) is 96.7 Å². The molecule has 4 aromatic carbocycles. The number of hydrogen-bond donors (Lipinski definition) is 0. The Morgan fingerprint density at radius 1 is 0.714 bits per heavy atom. The van der Waals surface area contributed by atoms with Gasteiger partial charge in [0.25, 0.3) is 0 Å². The fourth-order valence-corrected chi connectivity index (χ4v) is 4.07. The maximum absolute atomic E-state index is 4.41. The van der Waals surface area contributed by atoms with Gasteiger partial charge in [-0.25, -0.2) is 0 Å². The molecule has 0 atom stereocenters. The van der Waals surface area contributed by atoms with Gasteiger partial charge >= 0.3 is 0 Å². The van der Waals surface area contributed by atoms with Gasteiger partial charge in [0.2, 0.25) is 5.69 Å². The van der Waals surface area contributed by atoms with Crippen molar-refractivity contribution in [3.8, 4) is 22.4 Å². The number of aryl methyl sites for hydroxylation is 2. The maximum Gasteiger partial charge on any atom is 0.239 e. The molecule has 0 spiro atoms. The minimum Gasteiger partial charge on any atom is -0.0865 e. The minimum absolute atomic E-state index is 1.12. The van der Waals surface area contributed by atoms with Crippen LogP contribution in [0.15, 0.2) is 91.1 Å². The summed E-state index contributed by atoms with van der Waals surface area (Å²) in [4.78, 5) is 0. The molecule has 1 aromatic heterocycles. The zero-order valence-electron chi connectivity index (χ0n) is 16.1. The lowest BCUT2D eigenvalue weighted by molar-refractivity contribution is -0.720. The first-order valence-corrected chi connectivity index (χ1v) is 9.55. The molecule has 0 radical (unpaired) electrons. The fraction of sp³-hybridized carbons (Fsp3) is 0.0769. The first-order chi connectivity index (χ1) is 13.7. The van der Waals surface area contributed by atoms with Gasteiger partial charge in [-0.1, -0.05) is 71.4 Å². The smallest absolute Gasteiger partial charge is 0.0865 e. The molecule has 0 aliphatic rings. The van der Waals surface area contributed by atoms with E-state index in [0.717, 1.165) is 5.69 Å². The topological polar surface area (TPSA) is 16.8 Å². The second-order valence-electron chi connectivity index (χ2n) is 7.25. The molecule has 0 saturated carbocycles. The molecular weight excluding hydrogens is 340 g/mol. The van der Waals surface area contributed by atoms with Crippen LogP contribution in [0, 0.1) is 6.92 Å². The number of benzene rings is 4. The molecule has 1 heterocycles. The van der Waals surface area contributed by atoms with E-state index in [1.165, 1.54) is 43.8 Å². The second-order valence-corrected chi connectivity index (χ2v) is 7.25. The summed E-state index contributed by atoms with van der Waals surface area (Å²) < 4.78 is 1.94. The molecule has 2 heteroatoms. The molecule has 0 fully saturated rings. The van der Waals surface area contributed by atoms with Gasteiger partial charge in [0.1, 0.15) is 0 Å². The third-order valence-electron chi connectivity index (χ3n) is 5.52. The van der Waals surface area contributed by atoms with Gasteiger partial charge in [0, 0.05) is 6.07 Å². The van der Waals surface area contributed by atoms with Crippen LogP contribution in [-0.2, 0) is 7.05 Å². The Bertz CT molecular complexity index is 1340. The Morgan fingerprint density at radius 2 is 1.54 bits per heavy atom. The Kier molecular flexibility index (Phi) is 3.91. The highest BCUT2D eigenvalue weighted by molar-refractivity contribution is 6.14. The molecule has 0 aliphatic carbocycles. The summed E-state index contributed by atoms with van der Waals surface area (Å²) in [5.41, 5.74) is 6.07. The predicted molar refractivity (Wildman–Crippen MR) is 116 cm³/mol. The average molecular weight is 361 g/mol. The molecule has 134 valence electrons. The quantitative estimate of drug-likeness (QED) is 0.284. The number of aromatic nitrogens is 2. The van der Waals surface area contributed by atoms with Crippen LogP contribution in [0.2, 0.25) is 0 Å². The van der Waals surface area contributed by atoms with E-state index in [-0.39, 0.29) is 0 Å². The molecule has 5 rings (SSSR count). The second kappa shape index (κ2) is 6.58. The fourth-order valence-electron chi connectivity index (χ4n) is 4.07. The van der Waals surface area contributed by atoms with E-state index in [2.05, 4.69) is 90.9 Å². The van der Waals surface area contributed by atoms with Crippen LogP contribution in [0.3, 0.4) is 0 Å². The summed E-state index contributed by atoms with van der Waals surface area (Å²) in [6.07, 6.45) is 1.82. The highest BCUT2D eigenvalue weighted by Crippen LogP contribution is 2.36. The van der Waals surface area contributed by atoms with E-state index in [1.54, 1.807) is 0 Å². The molecule has 0 bridgehead atoms. The summed E-state index contributed by atoms with van der Waals surface area (Å²) in [7, 11) is 1.99. The number of nitrogens with zero attached hydrogens (tertiary/aromatic N) is 2. The summed E-state index contributed by atoms with van der Waals surface area (Å²) in [6, 6.07) is 30.5. The first kappa shape index (κ1) is 16.6. The van der Waals surface area contributed by atoms with Crippen LogP contribution < -0.4 is 4.68 Å². The highest BCUT2D eigenvalue weighted by atomic mass is 15.2. The van der Waals surface area contributed by atoms with Crippen LogP contribution in [0.25, 0.3) is 43.9 Å². The van der Waals surface area contributed by atoms with Crippen molar-refractivity contribution in [2.24, 2.45) is 7.05 Å². The number of hydrogen-bond acceptors (Lipinski definition) is 1. The molecule has 5 aromatic rings. The lowest BCUT2D eigenvalue weighted by Gasteiger charge is -2.12. The lowest BCUT2D eigenvalue weighted by Crippen LogP contribution is -2.35. The van der Waals surface area contributed by atoms with Crippen LogP contribution in [0.1, 0.15) is 5.56 Å². The molecule has 0 aliphatic heterocycles. The van der Waals surface area contributed by atoms with E-state index < -0.39 is 0 Å². The molecule has 0 unspecified atom stereocenters. The van der Waals surface area contributed by atoms with Crippen LogP contribution in [0.4, 0.5) is 0 Å². The molecule has 0 saturated heterocycles. The minimum atomic E-state index is 1.12. The molecule has 2 nitrogen and oxygen atoms in total. The predicted octanol–water partition coefficient (Wildman–Crippen LogP) is 5.85. The maximum atomic E-state index is 4.41. The zero-order valence-corrected chi connectivity index (χ0v) is 16.1. The molecule has 0 amide bonds. The van der Waals surface area contributed by atoms with Gasteiger partial charge < -0.3 is 0 Å². The molecule has 28 heavy (non-hydrogen) atoms. The van der Waals surface area contributed by atoms with Gasteiger partial charge in [0.05, 0.1) is 11.8 Å². The van der Waals surface area contributed by atoms with E-state index in [1.807, 2.05) is 24.0 Å². The Labute approximate surface area is 164 Å². The first-order valence-electron chi connectivity index (χ1n) is 9.55. The lowest BCUT2D eigenvalue weighted by atomic mass is 9.91. The third kappa shape index (κ3) is 2.66. The van der Waals surface area contributed by atoms with E-state index in [0.29, 0.717) is 0 Å². The summed E-state index contributed by atoms with van der Waals surface area (Å²) in [6.45, 7) is 2.16. The Morgan fingerprint density at radius 3 is 2.43 bits per heavy atom. The van der Waals surface area contributed by atoms with Crippen molar-refractivity contribution >= 4 is 21.5 Å². The van der Waals surface area contributed by atoms with Crippen molar-refractivity contribution in [2.75, 3.05) is 0 Å². The number of rotatable bonds is 2. The highest BCUT2D eigenvalue weighted by Gasteiger charge is 2.15. The third-order valence-corrected chi connectivity index (χ3v) is 5.52. The van der Waals surface area contributed by atoms with E-state index >= 15 is 0 Å². The van der Waals surface area contributed by atoms with Crippen molar-refractivity contribution < 1.29 is 4.68 Å². The van der Waals surface area contributed by atoms with Gasteiger partial charge in [-0.3, -0.25) is 0 Å².